The van der Waals surface area contributed by atoms with E-state index in [1.165, 1.54) is 6.92 Å². The molecule has 5 heteroatoms. The minimum absolute atomic E-state index is 0.0184. The maximum absolute atomic E-state index is 10.8. The summed E-state index contributed by atoms with van der Waals surface area (Å²) < 4.78 is 9.09. The van der Waals surface area contributed by atoms with E-state index < -0.39 is 18.0 Å². The van der Waals surface area contributed by atoms with Crippen LogP contribution in [0.4, 0.5) is 0 Å². The second-order valence-electron chi connectivity index (χ2n) is 2.43. The lowest BCUT2D eigenvalue weighted by molar-refractivity contribution is -0.158. The Labute approximate surface area is 76.6 Å². The van der Waals surface area contributed by atoms with Crippen molar-refractivity contribution in [2.45, 2.75) is 26.4 Å². The number of rotatable bonds is 5. The number of aliphatic hydroxyl groups is 1. The maximum atomic E-state index is 10.8. The Bertz CT molecular complexity index is 177. The van der Waals surface area contributed by atoms with E-state index in [0.29, 0.717) is 6.42 Å². The van der Waals surface area contributed by atoms with Gasteiger partial charge in [-0.05, 0) is 6.42 Å². The van der Waals surface area contributed by atoms with E-state index in [-0.39, 0.29) is 13.2 Å². The highest BCUT2D eigenvalue weighted by atomic mass is 16.6. The fourth-order valence-electron chi connectivity index (χ4n) is 0.591. The van der Waals surface area contributed by atoms with Crippen LogP contribution in [-0.4, -0.2) is 36.4 Å². The Kier molecular flexibility index (Phi) is 5.88. The first kappa shape index (κ1) is 11.9. The first-order chi connectivity index (χ1) is 6.07. The quantitative estimate of drug-likeness (QED) is 0.482. The topological polar surface area (TPSA) is 72.8 Å². The zero-order chi connectivity index (χ0) is 10.3. The molecule has 76 valence electrons. The van der Waals surface area contributed by atoms with Crippen LogP contribution in [0.2, 0.25) is 0 Å². The molecule has 0 saturated carbocycles. The van der Waals surface area contributed by atoms with E-state index in [9.17, 15) is 9.59 Å². The summed E-state index contributed by atoms with van der Waals surface area (Å²) in [6, 6.07) is 0. The van der Waals surface area contributed by atoms with Crippen molar-refractivity contribution in [3.05, 3.63) is 0 Å². The van der Waals surface area contributed by atoms with Crippen molar-refractivity contribution >= 4 is 11.9 Å². The van der Waals surface area contributed by atoms with E-state index in [1.807, 2.05) is 0 Å². The van der Waals surface area contributed by atoms with Gasteiger partial charge in [-0.1, -0.05) is 6.92 Å². The number of carbonyl (C=O) groups excluding carboxylic acids is 2. The van der Waals surface area contributed by atoms with Crippen LogP contribution < -0.4 is 0 Å². The van der Waals surface area contributed by atoms with E-state index in [4.69, 9.17) is 5.11 Å². The normalized spacial score (nSPS) is 11.9. The lowest BCUT2D eigenvalue weighted by atomic mass is 10.3. The molecule has 0 heterocycles. The van der Waals surface area contributed by atoms with Crippen LogP contribution in [0.3, 0.4) is 0 Å². The van der Waals surface area contributed by atoms with Gasteiger partial charge in [-0.3, -0.25) is 4.79 Å². The summed E-state index contributed by atoms with van der Waals surface area (Å²) in [5, 5.41) is 8.95. The molecule has 0 saturated heterocycles. The molecule has 0 bridgehead atoms. The Morgan fingerprint density at radius 1 is 1.31 bits per heavy atom. The van der Waals surface area contributed by atoms with Gasteiger partial charge in [0.05, 0.1) is 0 Å². The Hall–Kier alpha value is -1.10. The molecule has 1 N–H and O–H groups in total. The first-order valence-electron chi connectivity index (χ1n) is 4.06. The van der Waals surface area contributed by atoms with E-state index in [0.717, 1.165) is 0 Å². The van der Waals surface area contributed by atoms with Crippen LogP contribution in [0.15, 0.2) is 0 Å². The molecular weight excluding hydrogens is 176 g/mol. The smallest absolute Gasteiger partial charge is 0.335 e. The predicted molar refractivity (Wildman–Crippen MR) is 43.9 cm³/mol. The van der Waals surface area contributed by atoms with Gasteiger partial charge in [-0.25, -0.2) is 4.79 Å². The fourth-order valence-corrected chi connectivity index (χ4v) is 0.591. The van der Waals surface area contributed by atoms with Crippen molar-refractivity contribution in [1.29, 1.82) is 0 Å². The summed E-state index contributed by atoms with van der Waals surface area (Å²) in [4.78, 5) is 21.1. The molecule has 0 aromatic rings. The fraction of sp³-hybridized carbons (Fsp3) is 0.750. The molecule has 0 fully saturated rings. The third-order valence-electron chi connectivity index (χ3n) is 1.29. The third-order valence-corrected chi connectivity index (χ3v) is 1.29. The second kappa shape index (κ2) is 6.42. The van der Waals surface area contributed by atoms with Gasteiger partial charge in [0.1, 0.15) is 13.2 Å². The van der Waals surface area contributed by atoms with Gasteiger partial charge in [-0.2, -0.15) is 0 Å². The van der Waals surface area contributed by atoms with Crippen molar-refractivity contribution < 1.29 is 24.2 Å². The van der Waals surface area contributed by atoms with Crippen LogP contribution in [-0.2, 0) is 19.1 Å². The second-order valence-corrected chi connectivity index (χ2v) is 2.43. The number of esters is 2. The lowest BCUT2D eigenvalue weighted by Crippen LogP contribution is -2.23. The molecule has 1 atom stereocenters. The highest BCUT2D eigenvalue weighted by molar-refractivity contribution is 5.74. The highest BCUT2D eigenvalue weighted by Gasteiger charge is 2.13. The van der Waals surface area contributed by atoms with Crippen molar-refractivity contribution in [1.82, 2.24) is 0 Å². The summed E-state index contributed by atoms with van der Waals surface area (Å²) in [5.74, 6) is -1.11. The van der Waals surface area contributed by atoms with E-state index in [2.05, 4.69) is 9.47 Å². The van der Waals surface area contributed by atoms with Gasteiger partial charge < -0.3 is 14.6 Å². The van der Waals surface area contributed by atoms with Gasteiger partial charge in [0.15, 0.2) is 6.10 Å². The van der Waals surface area contributed by atoms with Crippen molar-refractivity contribution in [3.8, 4) is 0 Å². The van der Waals surface area contributed by atoms with Crippen LogP contribution in [0, 0.1) is 0 Å². The maximum Gasteiger partial charge on any atom is 0.335 e. The molecule has 0 spiro atoms. The van der Waals surface area contributed by atoms with Gasteiger partial charge >= 0.3 is 11.9 Å². The van der Waals surface area contributed by atoms with Crippen molar-refractivity contribution in [2.24, 2.45) is 0 Å². The van der Waals surface area contributed by atoms with Crippen LogP contribution >= 0.6 is 0 Å². The standard InChI is InChI=1S/C8H14O5/c1-3-7(10)8(11)13-5-4-12-6(2)9/h7,10H,3-5H2,1-2H3. The first-order valence-corrected chi connectivity index (χ1v) is 4.06. The molecule has 0 aromatic heterocycles. The van der Waals surface area contributed by atoms with E-state index in [1.54, 1.807) is 6.92 Å². The largest absolute Gasteiger partial charge is 0.462 e. The predicted octanol–water partition coefficient (Wildman–Crippen LogP) is -0.136. The number of hydrogen-bond donors (Lipinski definition) is 1. The van der Waals surface area contributed by atoms with Crippen molar-refractivity contribution in [3.63, 3.8) is 0 Å². The average molecular weight is 190 g/mol. The zero-order valence-electron chi connectivity index (χ0n) is 7.78. The molecule has 0 amide bonds. The third kappa shape index (κ3) is 6.10. The molecular formula is C8H14O5. The summed E-state index contributed by atoms with van der Waals surface area (Å²) >= 11 is 0. The summed E-state index contributed by atoms with van der Waals surface area (Å²) in [6.07, 6.45) is -0.774. The van der Waals surface area contributed by atoms with Crippen LogP contribution in [0.1, 0.15) is 20.3 Å². The summed E-state index contributed by atoms with van der Waals surface area (Å²) in [5.41, 5.74) is 0. The number of carbonyl (C=O) groups is 2. The Morgan fingerprint density at radius 3 is 2.31 bits per heavy atom. The van der Waals surface area contributed by atoms with Gasteiger partial charge in [-0.15, -0.1) is 0 Å². The molecule has 0 rings (SSSR count). The monoisotopic (exact) mass is 190 g/mol. The minimum Gasteiger partial charge on any atom is -0.462 e. The lowest BCUT2D eigenvalue weighted by Gasteiger charge is -2.07. The molecule has 0 aliphatic heterocycles. The van der Waals surface area contributed by atoms with Crippen LogP contribution in [0.25, 0.3) is 0 Å². The summed E-state index contributed by atoms with van der Waals surface area (Å²) in [7, 11) is 0. The Morgan fingerprint density at radius 2 is 1.85 bits per heavy atom. The van der Waals surface area contributed by atoms with Crippen molar-refractivity contribution in [2.75, 3.05) is 13.2 Å². The molecule has 0 aliphatic carbocycles. The number of ether oxygens (including phenoxy) is 2. The molecule has 5 nitrogen and oxygen atoms in total. The summed E-state index contributed by atoms with van der Waals surface area (Å²) in [6.45, 7) is 2.94. The highest BCUT2D eigenvalue weighted by Crippen LogP contribution is 1.93. The molecule has 0 radical (unpaired) electrons. The zero-order valence-corrected chi connectivity index (χ0v) is 7.78. The molecule has 0 aromatic carbocycles. The Balaban J connectivity index is 3.42. The van der Waals surface area contributed by atoms with Gasteiger partial charge in [0.2, 0.25) is 0 Å². The SMILES string of the molecule is CCC(O)C(=O)OCCOC(C)=O. The van der Waals surface area contributed by atoms with Crippen LogP contribution in [0.5, 0.6) is 0 Å². The number of hydrogen-bond acceptors (Lipinski definition) is 5. The minimum atomic E-state index is -1.09. The molecule has 1 unspecified atom stereocenters. The molecule has 0 aliphatic rings. The van der Waals surface area contributed by atoms with E-state index >= 15 is 0 Å². The average Bonchev–Trinajstić information content (AvgIpc) is 2.10. The number of aliphatic hydroxyl groups excluding tert-OH is 1. The molecule has 13 heavy (non-hydrogen) atoms. The van der Waals surface area contributed by atoms with Gasteiger partial charge in [0.25, 0.3) is 0 Å². The van der Waals surface area contributed by atoms with Gasteiger partial charge in [0, 0.05) is 6.92 Å².